The summed E-state index contributed by atoms with van der Waals surface area (Å²) in [5, 5.41) is 0. The van der Waals surface area contributed by atoms with E-state index in [2.05, 4.69) is 60.1 Å². The zero-order valence-corrected chi connectivity index (χ0v) is 16.5. The van der Waals surface area contributed by atoms with Crippen LogP contribution in [0.5, 0.6) is 0 Å². The van der Waals surface area contributed by atoms with E-state index >= 15 is 0 Å². The van der Waals surface area contributed by atoms with Crippen molar-refractivity contribution in [1.82, 2.24) is 4.67 Å². The number of nitrogens with zero attached hydrogens (tertiary/aromatic N) is 1. The minimum Gasteiger partial charge on any atom is -0.322 e. The van der Waals surface area contributed by atoms with Crippen molar-refractivity contribution in [2.24, 2.45) is 5.41 Å². The summed E-state index contributed by atoms with van der Waals surface area (Å²) >= 11 is 0. The van der Waals surface area contributed by atoms with Crippen LogP contribution in [0.1, 0.15) is 81.1 Å². The third kappa shape index (κ3) is 10.6. The van der Waals surface area contributed by atoms with Gasteiger partial charge in [-0.15, -0.1) is 0 Å². The Morgan fingerprint density at radius 1 is 0.905 bits per heavy atom. The molecule has 0 aliphatic rings. The zero-order chi connectivity index (χ0) is 16.5. The van der Waals surface area contributed by atoms with Crippen LogP contribution in [0, 0.1) is 5.41 Å². The summed E-state index contributed by atoms with van der Waals surface area (Å²) in [4.78, 5) is 0. The first kappa shape index (κ1) is 21.3. The van der Waals surface area contributed by atoms with Gasteiger partial charge in [-0.3, -0.25) is 0 Å². The third-order valence-electron chi connectivity index (χ3n) is 3.18. The molecule has 0 radical (unpaired) electrons. The van der Waals surface area contributed by atoms with Crippen molar-refractivity contribution in [3.8, 4) is 0 Å². The molecular formula is C17H38NO2P. The summed E-state index contributed by atoms with van der Waals surface area (Å²) in [7, 11) is -0.920. The van der Waals surface area contributed by atoms with Gasteiger partial charge in [-0.25, -0.2) is 4.67 Å². The summed E-state index contributed by atoms with van der Waals surface area (Å²) < 4.78 is 14.5. The fourth-order valence-corrected chi connectivity index (χ4v) is 3.93. The van der Waals surface area contributed by atoms with Crippen LogP contribution in [-0.2, 0) is 9.05 Å². The smallest absolute Gasteiger partial charge is 0.259 e. The van der Waals surface area contributed by atoms with Crippen LogP contribution in [0.15, 0.2) is 0 Å². The van der Waals surface area contributed by atoms with Crippen LogP contribution < -0.4 is 0 Å². The first-order chi connectivity index (χ1) is 9.69. The zero-order valence-electron chi connectivity index (χ0n) is 15.6. The topological polar surface area (TPSA) is 21.7 Å². The molecule has 128 valence electrons. The second-order valence-electron chi connectivity index (χ2n) is 7.49. The molecule has 0 amide bonds. The number of unbranched alkanes of at least 4 members (excludes halogenated alkanes) is 1. The van der Waals surface area contributed by atoms with E-state index in [1.54, 1.807) is 0 Å². The second-order valence-corrected chi connectivity index (χ2v) is 8.94. The maximum Gasteiger partial charge on any atom is 0.259 e. The molecule has 0 rings (SSSR count). The Morgan fingerprint density at radius 3 is 1.86 bits per heavy atom. The van der Waals surface area contributed by atoms with Crippen molar-refractivity contribution in [3.05, 3.63) is 0 Å². The Balaban J connectivity index is 4.29. The highest BCUT2D eigenvalue weighted by Gasteiger charge is 2.26. The Bertz CT molecular complexity index is 244. The van der Waals surface area contributed by atoms with Crippen molar-refractivity contribution in [1.29, 1.82) is 0 Å². The Hall–Kier alpha value is 0.310. The molecule has 4 heteroatoms. The van der Waals surface area contributed by atoms with Crippen LogP contribution in [0.3, 0.4) is 0 Å². The van der Waals surface area contributed by atoms with Crippen molar-refractivity contribution >= 4 is 8.53 Å². The lowest BCUT2D eigenvalue weighted by atomic mass is 9.90. The Labute approximate surface area is 134 Å². The standard InChI is InChI=1S/C17H38NO2P/c1-9-13-19-21(18(15(2)3)16(4)5)20-14-11-10-12-17(6,7)8/h15-16H,9-14H2,1-8H3. The van der Waals surface area contributed by atoms with E-state index in [4.69, 9.17) is 9.05 Å². The fraction of sp³-hybridized carbons (Fsp3) is 1.00. The van der Waals surface area contributed by atoms with E-state index in [-0.39, 0.29) is 0 Å². The molecule has 0 bridgehead atoms. The molecule has 0 saturated carbocycles. The predicted molar refractivity (Wildman–Crippen MR) is 94.5 cm³/mol. The van der Waals surface area contributed by atoms with Gasteiger partial charge in [-0.2, -0.15) is 0 Å². The fourth-order valence-electron chi connectivity index (χ4n) is 2.21. The van der Waals surface area contributed by atoms with Crippen LogP contribution in [-0.4, -0.2) is 30.0 Å². The van der Waals surface area contributed by atoms with E-state index in [9.17, 15) is 0 Å². The largest absolute Gasteiger partial charge is 0.322 e. The third-order valence-corrected chi connectivity index (χ3v) is 5.28. The normalized spacial score (nSPS) is 14.4. The van der Waals surface area contributed by atoms with Crippen LogP contribution >= 0.6 is 8.53 Å². The molecule has 0 heterocycles. The van der Waals surface area contributed by atoms with Gasteiger partial charge in [0, 0.05) is 12.1 Å². The highest BCUT2D eigenvalue weighted by atomic mass is 31.2. The highest BCUT2D eigenvalue weighted by molar-refractivity contribution is 7.44. The molecular weight excluding hydrogens is 281 g/mol. The molecule has 0 spiro atoms. The lowest BCUT2D eigenvalue weighted by Crippen LogP contribution is -2.33. The quantitative estimate of drug-likeness (QED) is 0.345. The van der Waals surface area contributed by atoms with Gasteiger partial charge in [-0.05, 0) is 52.4 Å². The average molecular weight is 319 g/mol. The van der Waals surface area contributed by atoms with Crippen molar-refractivity contribution in [3.63, 3.8) is 0 Å². The average Bonchev–Trinajstić information content (AvgIpc) is 2.32. The van der Waals surface area contributed by atoms with E-state index in [1.165, 1.54) is 12.8 Å². The second kappa shape index (κ2) is 10.9. The van der Waals surface area contributed by atoms with Crippen LogP contribution in [0.25, 0.3) is 0 Å². The summed E-state index contributed by atoms with van der Waals surface area (Å²) in [6.07, 6.45) is 4.64. The van der Waals surface area contributed by atoms with Crippen LogP contribution in [0.4, 0.5) is 0 Å². The molecule has 0 saturated heterocycles. The minimum atomic E-state index is -0.920. The first-order valence-corrected chi connectivity index (χ1v) is 9.66. The molecule has 0 N–H and O–H groups in total. The van der Waals surface area contributed by atoms with Gasteiger partial charge in [0.05, 0.1) is 13.2 Å². The summed E-state index contributed by atoms with van der Waals surface area (Å²) in [5.74, 6) is 0. The van der Waals surface area contributed by atoms with Gasteiger partial charge in [0.2, 0.25) is 0 Å². The van der Waals surface area contributed by atoms with Crippen molar-refractivity contribution in [2.75, 3.05) is 13.2 Å². The van der Waals surface area contributed by atoms with Gasteiger partial charge in [0.1, 0.15) is 0 Å². The molecule has 0 aliphatic carbocycles. The molecule has 21 heavy (non-hydrogen) atoms. The molecule has 0 fully saturated rings. The van der Waals surface area contributed by atoms with Crippen LogP contribution in [0.2, 0.25) is 0 Å². The van der Waals surface area contributed by atoms with Gasteiger partial charge < -0.3 is 9.05 Å². The van der Waals surface area contributed by atoms with E-state index in [0.717, 1.165) is 26.1 Å². The summed E-state index contributed by atoms with van der Waals surface area (Å²) in [6.45, 7) is 19.5. The SMILES string of the molecule is CCCOP(OCCCCC(C)(C)C)N(C(C)C)C(C)C. The molecule has 1 unspecified atom stereocenters. The lowest BCUT2D eigenvalue weighted by Gasteiger charge is -2.35. The molecule has 0 aromatic heterocycles. The predicted octanol–water partition coefficient (Wildman–Crippen LogP) is 5.99. The van der Waals surface area contributed by atoms with E-state index in [1.807, 2.05) is 0 Å². The number of hydrogen-bond acceptors (Lipinski definition) is 3. The molecule has 0 aromatic carbocycles. The maximum absolute atomic E-state index is 6.11. The molecule has 3 nitrogen and oxygen atoms in total. The van der Waals surface area contributed by atoms with Gasteiger partial charge in [0.15, 0.2) is 0 Å². The number of rotatable bonds is 11. The summed E-state index contributed by atoms with van der Waals surface area (Å²) in [6, 6.07) is 0.894. The lowest BCUT2D eigenvalue weighted by molar-refractivity contribution is 0.171. The molecule has 0 aliphatic heterocycles. The number of hydrogen-bond donors (Lipinski definition) is 0. The van der Waals surface area contributed by atoms with Crippen molar-refractivity contribution in [2.45, 2.75) is 93.2 Å². The Kier molecular flexibility index (Phi) is 11.1. The maximum atomic E-state index is 6.11. The van der Waals surface area contributed by atoms with E-state index in [0.29, 0.717) is 17.5 Å². The molecule has 0 aromatic rings. The van der Waals surface area contributed by atoms with Gasteiger partial charge in [0.25, 0.3) is 8.53 Å². The van der Waals surface area contributed by atoms with Gasteiger partial charge in [-0.1, -0.05) is 34.1 Å². The van der Waals surface area contributed by atoms with E-state index < -0.39 is 8.53 Å². The monoisotopic (exact) mass is 319 g/mol. The summed E-state index contributed by atoms with van der Waals surface area (Å²) in [5.41, 5.74) is 0.422. The first-order valence-electron chi connectivity index (χ1n) is 8.53. The van der Waals surface area contributed by atoms with Gasteiger partial charge >= 0.3 is 0 Å². The highest BCUT2D eigenvalue weighted by Crippen LogP contribution is 2.46. The Morgan fingerprint density at radius 2 is 1.43 bits per heavy atom. The molecule has 1 atom stereocenters. The minimum absolute atomic E-state index is 0.422. The van der Waals surface area contributed by atoms with Crippen molar-refractivity contribution < 1.29 is 9.05 Å².